The van der Waals surface area contributed by atoms with Crippen molar-refractivity contribution in [2.24, 2.45) is 11.8 Å². The topological polar surface area (TPSA) is 42.4 Å². The van der Waals surface area contributed by atoms with Gasteiger partial charge in [-0.25, -0.2) is 9.37 Å². The molecule has 5 rings (SSSR count). The van der Waals surface area contributed by atoms with Crippen LogP contribution in [-0.4, -0.2) is 15.7 Å². The zero-order valence-electron chi connectivity index (χ0n) is 21.5. The first-order chi connectivity index (χ1) is 16.6. The van der Waals surface area contributed by atoms with E-state index in [2.05, 4.69) is 37.9 Å². The molecule has 1 N–H and O–H groups in total. The van der Waals surface area contributed by atoms with Crippen LogP contribution >= 0.6 is 0 Å². The molecule has 35 heavy (non-hydrogen) atoms. The molecule has 2 aliphatic rings. The molecule has 1 fully saturated rings. The lowest BCUT2D eigenvalue weighted by Gasteiger charge is -2.18. The number of benzene rings is 2. The number of hydrogen-bond donors (Lipinski definition) is 1. The second-order valence-corrected chi connectivity index (χ2v) is 11.3. The summed E-state index contributed by atoms with van der Waals surface area (Å²) in [4.78, 5) is 4.50. The number of aryl methyl sites for hydroxylation is 3. The van der Waals surface area contributed by atoms with E-state index < -0.39 is 5.60 Å². The average Bonchev–Trinajstić information content (AvgIpc) is 3.23. The van der Waals surface area contributed by atoms with Crippen molar-refractivity contribution < 1.29 is 14.2 Å². The molecule has 0 unspecified atom stereocenters. The first-order valence-electron chi connectivity index (χ1n) is 12.8. The van der Waals surface area contributed by atoms with Crippen LogP contribution in [0.4, 0.5) is 4.39 Å². The Balaban J connectivity index is 1.30. The molecule has 0 spiro atoms. The van der Waals surface area contributed by atoms with Crippen molar-refractivity contribution in [2.45, 2.75) is 78.4 Å². The quantitative estimate of drug-likeness (QED) is 0.380. The molecule has 0 radical (unpaired) electrons. The van der Waals surface area contributed by atoms with Gasteiger partial charge in [-0.15, -0.1) is 0 Å². The lowest BCUT2D eigenvalue weighted by atomic mass is 9.90. The zero-order chi connectivity index (χ0) is 24.9. The summed E-state index contributed by atoms with van der Waals surface area (Å²) in [5, 5.41) is 9.98. The minimum atomic E-state index is -0.634. The molecule has 1 saturated carbocycles. The summed E-state index contributed by atoms with van der Waals surface area (Å²) in [6.07, 6.45) is 5.71. The Labute approximate surface area is 208 Å². The maximum Gasteiger partial charge on any atom is 0.213 e. The van der Waals surface area contributed by atoms with E-state index in [0.717, 1.165) is 48.6 Å². The SMILES string of the molecule is Cc1cc(CCCC(C)(C)O)cc(C)c1-c1ccc(F)c(COc2cc3c(cn2)[C@@H]2[C@@H](C)[C@@H]2C3)c1. The van der Waals surface area contributed by atoms with Crippen molar-refractivity contribution in [2.75, 3.05) is 0 Å². The number of halogens is 1. The Morgan fingerprint density at radius 1 is 1.11 bits per heavy atom. The molecule has 0 saturated heterocycles. The smallest absolute Gasteiger partial charge is 0.213 e. The summed E-state index contributed by atoms with van der Waals surface area (Å²) in [7, 11) is 0. The third-order valence-corrected chi connectivity index (χ3v) is 7.93. The predicted molar refractivity (Wildman–Crippen MR) is 138 cm³/mol. The molecule has 0 bridgehead atoms. The number of aliphatic hydroxyl groups is 1. The van der Waals surface area contributed by atoms with E-state index in [1.54, 1.807) is 0 Å². The number of pyridine rings is 1. The Kier molecular flexibility index (Phi) is 6.21. The summed E-state index contributed by atoms with van der Waals surface area (Å²) in [5.41, 5.74) is 8.38. The van der Waals surface area contributed by atoms with E-state index in [0.29, 0.717) is 17.4 Å². The molecular weight excluding hydrogens is 437 g/mol. The highest BCUT2D eigenvalue weighted by molar-refractivity contribution is 5.72. The number of aromatic nitrogens is 1. The van der Waals surface area contributed by atoms with Gasteiger partial charge >= 0.3 is 0 Å². The highest BCUT2D eigenvalue weighted by Crippen LogP contribution is 2.61. The second-order valence-electron chi connectivity index (χ2n) is 11.3. The Morgan fingerprint density at radius 3 is 2.57 bits per heavy atom. The lowest BCUT2D eigenvalue weighted by Crippen LogP contribution is -2.18. The first-order valence-corrected chi connectivity index (χ1v) is 12.8. The van der Waals surface area contributed by atoms with Gasteiger partial charge in [-0.05, 0) is 122 Å². The van der Waals surface area contributed by atoms with Crippen LogP contribution in [-0.2, 0) is 19.4 Å². The summed E-state index contributed by atoms with van der Waals surface area (Å²) >= 11 is 0. The number of fused-ring (bicyclic) bond motifs is 3. The standard InChI is InChI=1S/C31H36FNO2/c1-18-11-21(7-6-10-31(4,5)34)12-19(2)29(18)22-8-9-27(32)24(13-22)17-35-28-15-23-14-25-20(3)30(25)26(23)16-33-28/h8-9,11-13,15-16,20,25,30,34H,6-7,10,14,17H2,1-5H3/t20-,25-,30+/m0/s1. The Hall–Kier alpha value is -2.72. The molecule has 4 heteroatoms. The van der Waals surface area contributed by atoms with Gasteiger partial charge in [0, 0.05) is 17.8 Å². The molecule has 0 aliphatic heterocycles. The normalized spacial score (nSPS) is 20.5. The average molecular weight is 474 g/mol. The fraction of sp³-hybridized carbons (Fsp3) is 0.452. The molecule has 184 valence electrons. The van der Waals surface area contributed by atoms with Crippen LogP contribution in [0.1, 0.15) is 72.9 Å². The summed E-state index contributed by atoms with van der Waals surface area (Å²) in [6, 6.07) is 11.8. The van der Waals surface area contributed by atoms with E-state index in [1.807, 2.05) is 38.2 Å². The van der Waals surface area contributed by atoms with Gasteiger partial charge < -0.3 is 9.84 Å². The Morgan fingerprint density at radius 2 is 1.86 bits per heavy atom. The molecule has 3 nitrogen and oxygen atoms in total. The molecule has 3 aromatic rings. The fourth-order valence-corrected chi connectivity index (χ4v) is 6.04. The highest BCUT2D eigenvalue weighted by atomic mass is 19.1. The van der Waals surface area contributed by atoms with Crippen LogP contribution in [0, 0.1) is 31.5 Å². The third kappa shape index (κ3) is 4.99. The minimum absolute atomic E-state index is 0.155. The Bertz CT molecular complexity index is 1240. The molecule has 2 aromatic carbocycles. The van der Waals surface area contributed by atoms with Crippen molar-refractivity contribution in [3.63, 3.8) is 0 Å². The van der Waals surface area contributed by atoms with Crippen LogP contribution in [0.2, 0.25) is 0 Å². The second kappa shape index (κ2) is 9.05. The van der Waals surface area contributed by atoms with E-state index in [9.17, 15) is 9.50 Å². The van der Waals surface area contributed by atoms with Crippen LogP contribution < -0.4 is 4.74 Å². The summed E-state index contributed by atoms with van der Waals surface area (Å²) in [5.74, 6) is 2.55. The van der Waals surface area contributed by atoms with Gasteiger partial charge in [-0.3, -0.25) is 0 Å². The van der Waals surface area contributed by atoms with Crippen molar-refractivity contribution in [1.82, 2.24) is 4.98 Å². The van der Waals surface area contributed by atoms with E-state index >= 15 is 0 Å². The van der Waals surface area contributed by atoms with Gasteiger partial charge in [0.25, 0.3) is 0 Å². The highest BCUT2D eigenvalue weighted by Gasteiger charge is 2.52. The maximum absolute atomic E-state index is 14.7. The van der Waals surface area contributed by atoms with E-state index in [1.165, 1.54) is 33.9 Å². The van der Waals surface area contributed by atoms with Crippen molar-refractivity contribution in [1.29, 1.82) is 0 Å². The summed E-state index contributed by atoms with van der Waals surface area (Å²) < 4.78 is 20.6. The van der Waals surface area contributed by atoms with Crippen molar-refractivity contribution >= 4 is 0 Å². The monoisotopic (exact) mass is 473 g/mol. The van der Waals surface area contributed by atoms with Crippen molar-refractivity contribution in [3.8, 4) is 17.0 Å². The third-order valence-electron chi connectivity index (χ3n) is 7.93. The number of rotatable bonds is 8. The van der Waals surface area contributed by atoms with E-state index in [-0.39, 0.29) is 12.4 Å². The molecular formula is C31H36FNO2. The molecule has 3 atom stereocenters. The molecule has 0 amide bonds. The predicted octanol–water partition coefficient (Wildman–Crippen LogP) is 7.08. The van der Waals surface area contributed by atoms with Crippen LogP contribution in [0.3, 0.4) is 0 Å². The van der Waals surface area contributed by atoms with Gasteiger partial charge in [0.2, 0.25) is 5.88 Å². The van der Waals surface area contributed by atoms with Gasteiger partial charge in [0.1, 0.15) is 12.4 Å². The van der Waals surface area contributed by atoms with Gasteiger partial charge in [0.15, 0.2) is 0 Å². The number of hydrogen-bond acceptors (Lipinski definition) is 3. The van der Waals surface area contributed by atoms with Gasteiger partial charge in [0.05, 0.1) is 5.60 Å². The van der Waals surface area contributed by atoms with E-state index in [4.69, 9.17) is 4.74 Å². The van der Waals surface area contributed by atoms with Gasteiger partial charge in [-0.1, -0.05) is 25.1 Å². The maximum atomic E-state index is 14.7. The largest absolute Gasteiger partial charge is 0.473 e. The number of nitrogens with zero attached hydrogens (tertiary/aromatic N) is 1. The van der Waals surface area contributed by atoms with Crippen LogP contribution in [0.15, 0.2) is 42.6 Å². The summed E-state index contributed by atoms with van der Waals surface area (Å²) in [6.45, 7) is 10.4. The molecule has 2 aliphatic carbocycles. The fourth-order valence-electron chi connectivity index (χ4n) is 6.04. The lowest BCUT2D eigenvalue weighted by molar-refractivity contribution is 0.0689. The van der Waals surface area contributed by atoms with Crippen molar-refractivity contribution in [3.05, 3.63) is 81.8 Å². The molecule has 1 aromatic heterocycles. The van der Waals surface area contributed by atoms with Crippen LogP contribution in [0.25, 0.3) is 11.1 Å². The molecule has 1 heterocycles. The van der Waals surface area contributed by atoms with Crippen LogP contribution in [0.5, 0.6) is 5.88 Å². The van der Waals surface area contributed by atoms with Gasteiger partial charge in [-0.2, -0.15) is 0 Å². The minimum Gasteiger partial charge on any atom is -0.473 e. The first kappa shape index (κ1) is 24.0. The number of ether oxygens (including phenoxy) is 1. The zero-order valence-corrected chi connectivity index (χ0v) is 21.5.